The van der Waals surface area contributed by atoms with Crippen molar-refractivity contribution in [2.24, 2.45) is 5.92 Å². The topological polar surface area (TPSA) is 104 Å². The molecule has 1 atom stereocenters. The second kappa shape index (κ2) is 11.4. The average molecular weight is 570 g/mol. The number of rotatable bonds is 9. The third-order valence-corrected chi connectivity index (χ3v) is 10.1. The highest BCUT2D eigenvalue weighted by Gasteiger charge is 2.49. The second-order valence-corrected chi connectivity index (χ2v) is 13.7. The Kier molecular flexibility index (Phi) is 8.12. The first-order chi connectivity index (χ1) is 18.7. The van der Waals surface area contributed by atoms with E-state index in [9.17, 15) is 13.2 Å². The molecule has 1 saturated heterocycles. The molecule has 1 aliphatic carbocycles. The fourth-order valence-corrected chi connectivity index (χ4v) is 7.97. The molecule has 0 spiro atoms. The minimum absolute atomic E-state index is 0.0751. The fourth-order valence-electron chi connectivity index (χ4n) is 5.91. The summed E-state index contributed by atoms with van der Waals surface area (Å²) in [5.41, 5.74) is -0.0561. The van der Waals surface area contributed by atoms with Crippen molar-refractivity contribution in [3.8, 4) is 0 Å². The van der Waals surface area contributed by atoms with E-state index < -0.39 is 21.4 Å². The Hall–Kier alpha value is -2.75. The van der Waals surface area contributed by atoms with Gasteiger partial charge in [-0.05, 0) is 74.9 Å². The van der Waals surface area contributed by atoms with Gasteiger partial charge < -0.3 is 15.5 Å². The van der Waals surface area contributed by atoms with Crippen LogP contribution in [0.25, 0.3) is 10.9 Å². The maximum absolute atomic E-state index is 13.9. The van der Waals surface area contributed by atoms with Gasteiger partial charge >= 0.3 is 0 Å². The lowest BCUT2D eigenvalue weighted by atomic mass is 9.79. The van der Waals surface area contributed by atoms with Crippen LogP contribution in [0.4, 0.5) is 5.82 Å². The van der Waals surface area contributed by atoms with E-state index in [0.29, 0.717) is 59.0 Å². The maximum atomic E-state index is 13.9. The molecule has 0 radical (unpaired) electrons. The number of halogens is 1. The number of hydrogen-bond donors (Lipinski definition) is 2. The van der Waals surface area contributed by atoms with E-state index in [1.54, 1.807) is 36.4 Å². The van der Waals surface area contributed by atoms with E-state index >= 15 is 0 Å². The number of amides is 1. The predicted octanol–water partition coefficient (Wildman–Crippen LogP) is 4.70. The number of sulfone groups is 1. The zero-order valence-electron chi connectivity index (χ0n) is 22.4. The van der Waals surface area contributed by atoms with Crippen LogP contribution in [-0.2, 0) is 14.6 Å². The van der Waals surface area contributed by atoms with Gasteiger partial charge in [0.2, 0.25) is 5.91 Å². The van der Waals surface area contributed by atoms with Gasteiger partial charge in [0.1, 0.15) is 18.2 Å². The van der Waals surface area contributed by atoms with Crippen LogP contribution >= 0.6 is 11.6 Å². The molecule has 1 aromatic heterocycles. The quantitative estimate of drug-likeness (QED) is 0.385. The van der Waals surface area contributed by atoms with Crippen molar-refractivity contribution in [1.82, 2.24) is 20.2 Å². The molecular formula is C29H36ClN5O3S. The molecule has 8 nitrogen and oxygen atoms in total. The van der Waals surface area contributed by atoms with Gasteiger partial charge in [-0.1, -0.05) is 43.6 Å². The van der Waals surface area contributed by atoms with Crippen LogP contribution in [-0.4, -0.2) is 65.7 Å². The van der Waals surface area contributed by atoms with E-state index in [2.05, 4.69) is 34.4 Å². The SMILES string of the molecule is CC(C)CNC1CCC(CS(=O)(=O)c2ccccc2)(N2CC[C@H](Nc3ncnc4cc(Cl)ccc34)C2=O)CC1. The van der Waals surface area contributed by atoms with Crippen molar-refractivity contribution in [2.45, 2.75) is 68.5 Å². The highest BCUT2D eigenvalue weighted by molar-refractivity contribution is 7.91. The lowest BCUT2D eigenvalue weighted by molar-refractivity contribution is -0.134. The van der Waals surface area contributed by atoms with Gasteiger partial charge in [-0.15, -0.1) is 0 Å². The first-order valence-corrected chi connectivity index (χ1v) is 15.7. The zero-order chi connectivity index (χ0) is 27.6. The molecular weight excluding hydrogens is 534 g/mol. The summed E-state index contributed by atoms with van der Waals surface area (Å²) >= 11 is 6.13. The first-order valence-electron chi connectivity index (χ1n) is 13.7. The van der Waals surface area contributed by atoms with E-state index in [0.717, 1.165) is 24.8 Å². The number of nitrogens with one attached hydrogen (secondary N) is 2. The normalized spacial score (nSPS) is 24.0. The number of anilines is 1. The fraction of sp³-hybridized carbons (Fsp3) is 0.483. The van der Waals surface area contributed by atoms with Gasteiger partial charge in [0.05, 0.1) is 21.7 Å². The number of benzene rings is 2. The molecule has 1 aliphatic heterocycles. The number of fused-ring (bicyclic) bond motifs is 1. The lowest BCUT2D eigenvalue weighted by Crippen LogP contribution is -2.58. The molecule has 5 rings (SSSR count). The Morgan fingerprint density at radius 1 is 1.08 bits per heavy atom. The smallest absolute Gasteiger partial charge is 0.245 e. The standard InChI is InChI=1S/C29H36ClN5O3S/c1-20(2)17-31-22-10-13-29(14-11-22,18-39(37,38)23-6-4-3-5-7-23)35-15-12-25(28(35)36)34-27-24-9-8-21(30)16-26(24)32-19-33-27/h3-9,16,19-20,22,25,31H,10-15,17-18H2,1-2H3,(H,32,33,34)/t22?,25-,29?/m0/s1. The summed E-state index contributed by atoms with van der Waals surface area (Å²) in [5, 5.41) is 8.32. The molecule has 208 valence electrons. The van der Waals surface area contributed by atoms with Crippen LogP contribution in [0.1, 0.15) is 46.0 Å². The Morgan fingerprint density at radius 3 is 2.54 bits per heavy atom. The predicted molar refractivity (Wildman–Crippen MR) is 155 cm³/mol. The molecule has 0 unspecified atom stereocenters. The zero-order valence-corrected chi connectivity index (χ0v) is 24.0. The number of aromatic nitrogens is 2. The average Bonchev–Trinajstić information content (AvgIpc) is 3.29. The third-order valence-electron chi connectivity index (χ3n) is 7.98. The van der Waals surface area contributed by atoms with E-state index in [1.807, 2.05) is 17.0 Å². The molecule has 0 bridgehead atoms. The maximum Gasteiger partial charge on any atom is 0.245 e. The molecule has 2 N–H and O–H groups in total. The molecule has 3 aromatic rings. The van der Waals surface area contributed by atoms with Crippen LogP contribution in [0, 0.1) is 5.92 Å². The van der Waals surface area contributed by atoms with Crippen LogP contribution < -0.4 is 10.6 Å². The Morgan fingerprint density at radius 2 is 1.82 bits per heavy atom. The van der Waals surface area contributed by atoms with Crippen molar-refractivity contribution in [3.05, 3.63) is 59.9 Å². The van der Waals surface area contributed by atoms with Gasteiger partial charge in [0, 0.05) is 23.0 Å². The van der Waals surface area contributed by atoms with Gasteiger partial charge in [-0.25, -0.2) is 18.4 Å². The van der Waals surface area contributed by atoms with Crippen molar-refractivity contribution in [3.63, 3.8) is 0 Å². The summed E-state index contributed by atoms with van der Waals surface area (Å²) in [7, 11) is -3.60. The first kappa shape index (κ1) is 27.8. The molecule has 10 heteroatoms. The Bertz CT molecular complexity index is 1430. The van der Waals surface area contributed by atoms with Gasteiger partial charge in [0.25, 0.3) is 0 Å². The number of likely N-dealkylation sites (tertiary alicyclic amines) is 1. The van der Waals surface area contributed by atoms with E-state index in [4.69, 9.17) is 11.6 Å². The summed E-state index contributed by atoms with van der Waals surface area (Å²) in [6, 6.07) is 13.8. The van der Waals surface area contributed by atoms with Gasteiger partial charge in [-0.2, -0.15) is 0 Å². The van der Waals surface area contributed by atoms with Crippen LogP contribution in [0.15, 0.2) is 59.8 Å². The van der Waals surface area contributed by atoms with Crippen LogP contribution in [0.3, 0.4) is 0 Å². The van der Waals surface area contributed by atoms with Crippen molar-refractivity contribution < 1.29 is 13.2 Å². The molecule has 39 heavy (non-hydrogen) atoms. The summed E-state index contributed by atoms with van der Waals surface area (Å²) in [6.45, 7) is 5.78. The summed E-state index contributed by atoms with van der Waals surface area (Å²) in [4.78, 5) is 24.8. The number of hydrogen-bond acceptors (Lipinski definition) is 7. The third kappa shape index (κ3) is 6.05. The highest BCUT2D eigenvalue weighted by Crippen LogP contribution is 2.39. The monoisotopic (exact) mass is 569 g/mol. The molecule has 2 fully saturated rings. The summed E-state index contributed by atoms with van der Waals surface area (Å²) in [5.74, 6) is 0.960. The van der Waals surface area contributed by atoms with Crippen LogP contribution in [0.2, 0.25) is 5.02 Å². The van der Waals surface area contributed by atoms with E-state index in [1.165, 1.54) is 6.33 Å². The molecule has 2 aromatic carbocycles. The second-order valence-electron chi connectivity index (χ2n) is 11.2. The van der Waals surface area contributed by atoms with Crippen molar-refractivity contribution in [1.29, 1.82) is 0 Å². The Labute approximate surface area is 235 Å². The Balaban J connectivity index is 1.39. The number of carbonyl (C=O) groups excluding carboxylic acids is 1. The lowest BCUT2D eigenvalue weighted by Gasteiger charge is -2.46. The summed E-state index contributed by atoms with van der Waals surface area (Å²) < 4.78 is 27.2. The van der Waals surface area contributed by atoms with Gasteiger partial charge in [-0.3, -0.25) is 4.79 Å². The molecule has 1 amide bonds. The van der Waals surface area contributed by atoms with Crippen molar-refractivity contribution >= 4 is 44.1 Å². The number of carbonyl (C=O) groups is 1. The molecule has 2 aliphatic rings. The van der Waals surface area contributed by atoms with Crippen LogP contribution in [0.5, 0.6) is 0 Å². The minimum Gasteiger partial charge on any atom is -0.358 e. The molecule has 1 saturated carbocycles. The minimum atomic E-state index is -3.60. The van der Waals surface area contributed by atoms with E-state index in [-0.39, 0.29) is 11.7 Å². The van der Waals surface area contributed by atoms with Gasteiger partial charge in [0.15, 0.2) is 9.84 Å². The van der Waals surface area contributed by atoms with Crippen molar-refractivity contribution in [2.75, 3.05) is 24.2 Å². The number of nitrogens with zero attached hydrogens (tertiary/aromatic N) is 3. The molecule has 2 heterocycles. The highest BCUT2D eigenvalue weighted by atomic mass is 35.5. The summed E-state index contributed by atoms with van der Waals surface area (Å²) in [6.07, 6.45) is 4.97. The largest absolute Gasteiger partial charge is 0.358 e.